The second kappa shape index (κ2) is 6.28. The van der Waals surface area contributed by atoms with E-state index in [-0.39, 0.29) is 11.3 Å². The molecule has 0 spiro atoms. The first kappa shape index (κ1) is 16.3. The lowest BCUT2D eigenvalue weighted by atomic mass is 9.99. The van der Waals surface area contributed by atoms with Gasteiger partial charge in [0.15, 0.2) is 5.78 Å². The van der Waals surface area contributed by atoms with Gasteiger partial charge in [0.1, 0.15) is 4.83 Å². The zero-order valence-corrected chi connectivity index (χ0v) is 14.9. The fourth-order valence-corrected chi connectivity index (χ4v) is 4.20. The van der Waals surface area contributed by atoms with Crippen LogP contribution in [0.1, 0.15) is 21.5 Å². The Bertz CT molecular complexity index is 1190. The summed E-state index contributed by atoms with van der Waals surface area (Å²) < 4.78 is 1.60. The van der Waals surface area contributed by atoms with Crippen LogP contribution in [0.3, 0.4) is 0 Å². The van der Waals surface area contributed by atoms with E-state index in [2.05, 4.69) is 0 Å². The SMILES string of the molecule is Cc1ccccc1C(=O)c1c(N)sc2c1ccc(=O)n2-c1ccccc1. The van der Waals surface area contributed by atoms with E-state index in [0.717, 1.165) is 11.3 Å². The van der Waals surface area contributed by atoms with Crippen LogP contribution >= 0.6 is 11.3 Å². The van der Waals surface area contributed by atoms with Crippen LogP contribution in [-0.2, 0) is 0 Å². The molecule has 0 aliphatic carbocycles. The minimum atomic E-state index is -0.153. The molecular formula is C21H16N2O2S. The number of nitrogens with two attached hydrogens (primary N) is 1. The van der Waals surface area contributed by atoms with E-state index in [1.807, 2.05) is 55.5 Å². The van der Waals surface area contributed by atoms with E-state index in [1.54, 1.807) is 16.7 Å². The van der Waals surface area contributed by atoms with Crippen molar-refractivity contribution in [2.45, 2.75) is 6.92 Å². The lowest BCUT2D eigenvalue weighted by Gasteiger charge is -2.08. The summed E-state index contributed by atoms with van der Waals surface area (Å²) in [5.74, 6) is -0.120. The predicted molar refractivity (Wildman–Crippen MR) is 106 cm³/mol. The molecule has 0 aliphatic rings. The van der Waals surface area contributed by atoms with E-state index in [1.165, 1.54) is 17.4 Å². The van der Waals surface area contributed by atoms with Crippen molar-refractivity contribution in [2.24, 2.45) is 0 Å². The number of aromatic nitrogens is 1. The number of nitrogens with zero attached hydrogens (tertiary/aromatic N) is 1. The summed E-state index contributed by atoms with van der Waals surface area (Å²) in [7, 11) is 0. The largest absolute Gasteiger partial charge is 0.390 e. The van der Waals surface area contributed by atoms with Gasteiger partial charge in [0.2, 0.25) is 0 Å². The maximum Gasteiger partial charge on any atom is 0.256 e. The van der Waals surface area contributed by atoms with E-state index >= 15 is 0 Å². The number of thiophene rings is 1. The number of para-hydroxylation sites is 1. The average molecular weight is 360 g/mol. The molecule has 0 unspecified atom stereocenters. The second-order valence-corrected chi connectivity index (χ2v) is 7.08. The molecule has 4 nitrogen and oxygen atoms in total. The van der Waals surface area contributed by atoms with Gasteiger partial charge in [-0.3, -0.25) is 14.2 Å². The molecule has 128 valence electrons. The molecule has 0 fully saturated rings. The topological polar surface area (TPSA) is 65.1 Å². The van der Waals surface area contributed by atoms with Gasteiger partial charge in [-0.05, 0) is 30.7 Å². The Labute approximate surface area is 154 Å². The molecule has 26 heavy (non-hydrogen) atoms. The highest BCUT2D eigenvalue weighted by atomic mass is 32.1. The molecule has 0 atom stereocenters. The lowest BCUT2D eigenvalue weighted by Crippen LogP contribution is -2.16. The minimum Gasteiger partial charge on any atom is -0.390 e. The molecule has 0 bridgehead atoms. The molecule has 2 N–H and O–H groups in total. The maximum absolute atomic E-state index is 13.1. The van der Waals surface area contributed by atoms with Crippen LogP contribution in [-0.4, -0.2) is 10.4 Å². The first-order valence-corrected chi connectivity index (χ1v) is 8.99. The number of anilines is 1. The highest BCUT2D eigenvalue weighted by Gasteiger charge is 2.22. The molecule has 0 saturated heterocycles. The standard InChI is InChI=1S/C21H16N2O2S/c1-13-7-5-6-10-15(13)19(25)18-16-11-12-17(24)23(21(16)26-20(18)22)14-8-3-2-4-9-14/h2-12H,22H2,1H3. The van der Waals surface area contributed by atoms with Crippen molar-refractivity contribution in [2.75, 3.05) is 5.73 Å². The number of hydrogen-bond donors (Lipinski definition) is 1. The summed E-state index contributed by atoms with van der Waals surface area (Å²) in [6.07, 6.45) is 0. The van der Waals surface area contributed by atoms with E-state index in [4.69, 9.17) is 5.73 Å². The highest BCUT2D eigenvalue weighted by molar-refractivity contribution is 7.22. The monoisotopic (exact) mass is 360 g/mol. The van der Waals surface area contributed by atoms with Gasteiger partial charge in [-0.1, -0.05) is 53.8 Å². The summed E-state index contributed by atoms with van der Waals surface area (Å²) in [5, 5.41) is 1.12. The molecule has 4 rings (SSSR count). The van der Waals surface area contributed by atoms with Crippen molar-refractivity contribution in [3.05, 3.63) is 93.8 Å². The van der Waals surface area contributed by atoms with Crippen LogP contribution in [0.15, 0.2) is 71.5 Å². The van der Waals surface area contributed by atoms with E-state index < -0.39 is 0 Å². The molecule has 0 aliphatic heterocycles. The summed E-state index contributed by atoms with van der Waals surface area (Å²) in [6.45, 7) is 1.90. The molecule has 4 aromatic rings. The smallest absolute Gasteiger partial charge is 0.256 e. The molecule has 2 heterocycles. The molecule has 0 amide bonds. The fraction of sp³-hybridized carbons (Fsp3) is 0.0476. The van der Waals surface area contributed by atoms with Gasteiger partial charge in [0.05, 0.1) is 16.3 Å². The Morgan fingerprint density at radius 3 is 2.38 bits per heavy atom. The van der Waals surface area contributed by atoms with Crippen LogP contribution in [0.25, 0.3) is 15.9 Å². The number of aryl methyl sites for hydroxylation is 1. The second-order valence-electron chi connectivity index (χ2n) is 6.05. The first-order chi connectivity index (χ1) is 12.6. The van der Waals surface area contributed by atoms with E-state index in [9.17, 15) is 9.59 Å². The fourth-order valence-electron chi connectivity index (χ4n) is 3.12. The number of rotatable bonds is 3. The molecule has 0 saturated carbocycles. The lowest BCUT2D eigenvalue weighted by molar-refractivity contribution is 0.104. The summed E-state index contributed by atoms with van der Waals surface area (Å²) in [6, 6.07) is 20.0. The van der Waals surface area contributed by atoms with Crippen molar-refractivity contribution in [3.63, 3.8) is 0 Å². The number of benzene rings is 2. The number of pyridine rings is 1. The minimum absolute atomic E-state index is 0.120. The maximum atomic E-state index is 13.1. The van der Waals surface area contributed by atoms with Crippen molar-refractivity contribution < 1.29 is 4.79 Å². The Morgan fingerprint density at radius 1 is 0.962 bits per heavy atom. The number of fused-ring (bicyclic) bond motifs is 1. The number of nitrogen functional groups attached to an aromatic ring is 1. The Hall–Kier alpha value is -3.18. The van der Waals surface area contributed by atoms with Crippen LogP contribution in [0.2, 0.25) is 0 Å². The van der Waals surface area contributed by atoms with Crippen LogP contribution < -0.4 is 11.3 Å². The normalized spacial score (nSPS) is 11.0. The van der Waals surface area contributed by atoms with Gasteiger partial charge in [-0.2, -0.15) is 0 Å². The number of carbonyl (C=O) groups is 1. The van der Waals surface area contributed by atoms with Crippen LogP contribution in [0, 0.1) is 6.92 Å². The third-order valence-electron chi connectivity index (χ3n) is 4.40. The molecular weight excluding hydrogens is 344 g/mol. The molecule has 2 aromatic carbocycles. The van der Waals surface area contributed by atoms with Crippen molar-refractivity contribution in [1.82, 2.24) is 4.57 Å². The Balaban J connectivity index is 1.99. The van der Waals surface area contributed by atoms with Gasteiger partial charge in [0, 0.05) is 17.0 Å². The van der Waals surface area contributed by atoms with Gasteiger partial charge in [-0.15, -0.1) is 0 Å². The third kappa shape index (κ3) is 2.53. The Kier molecular flexibility index (Phi) is 3.93. The zero-order valence-electron chi connectivity index (χ0n) is 14.1. The van der Waals surface area contributed by atoms with Crippen LogP contribution in [0.5, 0.6) is 0 Å². The molecule has 2 aromatic heterocycles. The van der Waals surface area contributed by atoms with Gasteiger partial charge in [0.25, 0.3) is 5.56 Å². The molecule has 5 heteroatoms. The average Bonchev–Trinajstić information content (AvgIpc) is 2.98. The van der Waals surface area contributed by atoms with Crippen molar-refractivity contribution in [1.29, 1.82) is 0 Å². The quantitative estimate of drug-likeness (QED) is 0.558. The molecule has 0 radical (unpaired) electrons. The summed E-state index contributed by atoms with van der Waals surface area (Å²) in [5.41, 5.74) is 8.80. The van der Waals surface area contributed by atoms with Crippen molar-refractivity contribution >= 4 is 32.3 Å². The zero-order chi connectivity index (χ0) is 18.3. The third-order valence-corrected chi connectivity index (χ3v) is 5.42. The van der Waals surface area contributed by atoms with Gasteiger partial charge in [-0.25, -0.2) is 0 Å². The summed E-state index contributed by atoms with van der Waals surface area (Å²) in [4.78, 5) is 26.3. The number of carbonyl (C=O) groups excluding carboxylic acids is 1. The Morgan fingerprint density at radius 2 is 1.65 bits per heavy atom. The summed E-state index contributed by atoms with van der Waals surface area (Å²) >= 11 is 1.26. The highest BCUT2D eigenvalue weighted by Crippen LogP contribution is 2.35. The number of hydrogen-bond acceptors (Lipinski definition) is 4. The van der Waals surface area contributed by atoms with E-state index in [0.29, 0.717) is 26.3 Å². The van der Waals surface area contributed by atoms with Gasteiger partial charge >= 0.3 is 0 Å². The first-order valence-electron chi connectivity index (χ1n) is 8.17. The predicted octanol–water partition coefficient (Wildman–Crippen LogP) is 4.17. The number of ketones is 1. The van der Waals surface area contributed by atoms with Crippen molar-refractivity contribution in [3.8, 4) is 5.69 Å². The van der Waals surface area contributed by atoms with Crippen LogP contribution in [0.4, 0.5) is 5.00 Å². The van der Waals surface area contributed by atoms with Gasteiger partial charge < -0.3 is 5.73 Å².